The molecular weight excluding hydrogens is 301 g/mol. The molecule has 2 rings (SSSR count). The van der Waals surface area contributed by atoms with Crippen LogP contribution in [0.3, 0.4) is 0 Å². The maximum atomic E-state index is 12.7. The van der Waals surface area contributed by atoms with E-state index in [9.17, 15) is 13.2 Å². The van der Waals surface area contributed by atoms with Gasteiger partial charge < -0.3 is 5.32 Å². The van der Waals surface area contributed by atoms with E-state index in [0.717, 1.165) is 12.1 Å². The van der Waals surface area contributed by atoms with E-state index in [-0.39, 0.29) is 5.02 Å². The summed E-state index contributed by atoms with van der Waals surface area (Å²) in [5, 5.41) is 11.9. The van der Waals surface area contributed by atoms with Crippen molar-refractivity contribution in [2.45, 2.75) is 13.1 Å². The second-order valence-corrected chi connectivity index (χ2v) is 4.87. The van der Waals surface area contributed by atoms with Gasteiger partial charge in [0.1, 0.15) is 6.07 Å². The first-order chi connectivity index (χ1) is 9.81. The lowest BCUT2D eigenvalue weighted by atomic mass is 10.1. The quantitative estimate of drug-likeness (QED) is 0.819. The molecule has 0 spiro atoms. The van der Waals surface area contributed by atoms with Gasteiger partial charge in [-0.1, -0.05) is 17.7 Å². The summed E-state index contributed by atoms with van der Waals surface area (Å²) in [6, 6.07) is 9.99. The van der Waals surface area contributed by atoms with Gasteiger partial charge in [-0.3, -0.25) is 0 Å². The van der Waals surface area contributed by atoms with Crippen molar-refractivity contribution in [3.8, 4) is 6.07 Å². The van der Waals surface area contributed by atoms with E-state index in [4.69, 9.17) is 16.9 Å². The molecule has 0 aliphatic heterocycles. The molecule has 21 heavy (non-hydrogen) atoms. The van der Waals surface area contributed by atoms with E-state index in [1.54, 1.807) is 13.0 Å². The Kier molecular flexibility index (Phi) is 4.10. The largest absolute Gasteiger partial charge is 0.416 e. The molecule has 0 saturated carbocycles. The molecule has 108 valence electrons. The van der Waals surface area contributed by atoms with Crippen molar-refractivity contribution in [3.63, 3.8) is 0 Å². The zero-order chi connectivity index (χ0) is 15.6. The number of nitrogens with one attached hydrogen (secondary N) is 1. The molecule has 0 aliphatic rings. The topological polar surface area (TPSA) is 35.8 Å². The van der Waals surface area contributed by atoms with Crippen LogP contribution in [-0.4, -0.2) is 0 Å². The molecule has 0 saturated heterocycles. The number of alkyl halides is 3. The van der Waals surface area contributed by atoms with Crippen LogP contribution in [-0.2, 0) is 6.18 Å². The minimum Gasteiger partial charge on any atom is -0.355 e. The summed E-state index contributed by atoms with van der Waals surface area (Å²) < 4.78 is 38.1. The SMILES string of the molecule is Cc1ccc(C(F)(F)F)cc1Nc1ccc(C#N)c(Cl)c1. The van der Waals surface area contributed by atoms with Crippen LogP contribution in [0.2, 0.25) is 5.02 Å². The first-order valence-electron chi connectivity index (χ1n) is 5.96. The molecule has 0 amide bonds. The number of hydrogen-bond donors (Lipinski definition) is 1. The first-order valence-corrected chi connectivity index (χ1v) is 6.33. The van der Waals surface area contributed by atoms with Gasteiger partial charge in [0.15, 0.2) is 0 Å². The van der Waals surface area contributed by atoms with E-state index in [1.807, 2.05) is 6.07 Å². The Morgan fingerprint density at radius 1 is 1.14 bits per heavy atom. The normalized spacial score (nSPS) is 11.0. The Hall–Kier alpha value is -2.19. The first kappa shape index (κ1) is 15.2. The fourth-order valence-corrected chi connectivity index (χ4v) is 1.99. The molecule has 2 aromatic rings. The third-order valence-corrected chi connectivity index (χ3v) is 3.25. The molecule has 2 aromatic carbocycles. The van der Waals surface area contributed by atoms with Crippen LogP contribution < -0.4 is 5.32 Å². The number of aryl methyl sites for hydroxylation is 1. The van der Waals surface area contributed by atoms with Gasteiger partial charge in [-0.15, -0.1) is 0 Å². The second-order valence-electron chi connectivity index (χ2n) is 4.46. The molecular formula is C15H10ClF3N2. The molecule has 0 fully saturated rings. The van der Waals surface area contributed by atoms with Crippen molar-refractivity contribution in [3.05, 3.63) is 58.1 Å². The van der Waals surface area contributed by atoms with E-state index >= 15 is 0 Å². The Morgan fingerprint density at radius 2 is 1.86 bits per heavy atom. The van der Waals surface area contributed by atoms with Gasteiger partial charge in [0.2, 0.25) is 0 Å². The van der Waals surface area contributed by atoms with Gasteiger partial charge in [0.25, 0.3) is 0 Å². The summed E-state index contributed by atoms with van der Waals surface area (Å²) in [5.74, 6) is 0. The number of nitrogens with zero attached hydrogens (tertiary/aromatic N) is 1. The highest BCUT2D eigenvalue weighted by Crippen LogP contribution is 2.33. The van der Waals surface area contributed by atoms with E-state index < -0.39 is 11.7 Å². The maximum Gasteiger partial charge on any atom is 0.416 e. The Morgan fingerprint density at radius 3 is 2.43 bits per heavy atom. The zero-order valence-electron chi connectivity index (χ0n) is 10.9. The molecule has 0 aromatic heterocycles. The molecule has 1 N–H and O–H groups in total. The summed E-state index contributed by atoms with van der Waals surface area (Å²) in [5.41, 5.74) is 1.11. The standard InChI is InChI=1S/C15H10ClF3N2/c1-9-2-4-11(15(17,18)19)6-14(9)21-12-5-3-10(8-20)13(16)7-12/h2-7,21H,1H3. The van der Waals surface area contributed by atoms with Crippen LogP contribution in [0.15, 0.2) is 36.4 Å². The third-order valence-electron chi connectivity index (χ3n) is 2.93. The van der Waals surface area contributed by atoms with Crippen LogP contribution in [0.25, 0.3) is 0 Å². The predicted octanol–water partition coefficient (Wildman–Crippen LogP) is 5.28. The van der Waals surface area contributed by atoms with E-state index in [0.29, 0.717) is 22.5 Å². The lowest BCUT2D eigenvalue weighted by Gasteiger charge is -2.13. The number of halogens is 4. The van der Waals surface area contributed by atoms with Crippen LogP contribution in [0.5, 0.6) is 0 Å². The second kappa shape index (κ2) is 5.66. The molecule has 2 nitrogen and oxygen atoms in total. The van der Waals surface area contributed by atoms with Crippen molar-refractivity contribution in [2.75, 3.05) is 5.32 Å². The van der Waals surface area contributed by atoms with E-state index in [2.05, 4.69) is 5.32 Å². The predicted molar refractivity (Wildman–Crippen MR) is 75.6 cm³/mol. The van der Waals surface area contributed by atoms with Crippen molar-refractivity contribution in [2.24, 2.45) is 0 Å². The molecule has 0 radical (unpaired) electrons. The number of nitriles is 1. The summed E-state index contributed by atoms with van der Waals surface area (Å²) in [7, 11) is 0. The average molecular weight is 311 g/mol. The van der Waals surface area contributed by atoms with Crippen LogP contribution in [0.1, 0.15) is 16.7 Å². The van der Waals surface area contributed by atoms with Gasteiger partial charge >= 0.3 is 6.18 Å². The highest BCUT2D eigenvalue weighted by Gasteiger charge is 2.30. The van der Waals surface area contributed by atoms with E-state index in [1.165, 1.54) is 18.2 Å². The third kappa shape index (κ3) is 3.47. The van der Waals surface area contributed by atoms with Crippen molar-refractivity contribution in [1.82, 2.24) is 0 Å². The van der Waals surface area contributed by atoms with Crippen LogP contribution in [0.4, 0.5) is 24.5 Å². The smallest absolute Gasteiger partial charge is 0.355 e. The summed E-state index contributed by atoms with van der Waals surface area (Å²) >= 11 is 5.90. The van der Waals surface area contributed by atoms with Crippen LogP contribution >= 0.6 is 11.6 Å². The molecule has 0 aliphatic carbocycles. The van der Waals surface area contributed by atoms with Gasteiger partial charge in [-0.25, -0.2) is 0 Å². The minimum atomic E-state index is -4.40. The lowest BCUT2D eigenvalue weighted by molar-refractivity contribution is -0.137. The minimum absolute atomic E-state index is 0.243. The Labute approximate surface area is 124 Å². The van der Waals surface area contributed by atoms with Gasteiger partial charge in [0, 0.05) is 11.4 Å². The number of benzene rings is 2. The molecule has 0 heterocycles. The molecule has 0 unspecified atom stereocenters. The number of rotatable bonds is 2. The fraction of sp³-hybridized carbons (Fsp3) is 0.133. The summed E-state index contributed by atoms with van der Waals surface area (Å²) in [6.45, 7) is 1.70. The highest BCUT2D eigenvalue weighted by atomic mass is 35.5. The molecule has 0 atom stereocenters. The average Bonchev–Trinajstić information content (AvgIpc) is 2.40. The van der Waals surface area contributed by atoms with Gasteiger partial charge in [-0.05, 0) is 42.8 Å². The van der Waals surface area contributed by atoms with Gasteiger partial charge in [0.05, 0.1) is 16.1 Å². The highest BCUT2D eigenvalue weighted by molar-refractivity contribution is 6.32. The fourth-order valence-electron chi connectivity index (χ4n) is 1.77. The molecule has 6 heteroatoms. The Balaban J connectivity index is 2.35. The Bertz CT molecular complexity index is 718. The zero-order valence-corrected chi connectivity index (χ0v) is 11.7. The van der Waals surface area contributed by atoms with Crippen molar-refractivity contribution >= 4 is 23.0 Å². The number of anilines is 2. The molecule has 0 bridgehead atoms. The van der Waals surface area contributed by atoms with Crippen molar-refractivity contribution < 1.29 is 13.2 Å². The summed E-state index contributed by atoms with van der Waals surface area (Å²) in [4.78, 5) is 0. The lowest BCUT2D eigenvalue weighted by Crippen LogP contribution is -2.06. The van der Waals surface area contributed by atoms with Crippen LogP contribution in [0, 0.1) is 18.3 Å². The number of hydrogen-bond acceptors (Lipinski definition) is 2. The monoisotopic (exact) mass is 310 g/mol. The maximum absolute atomic E-state index is 12.7. The summed E-state index contributed by atoms with van der Waals surface area (Å²) in [6.07, 6.45) is -4.40. The van der Waals surface area contributed by atoms with Gasteiger partial charge in [-0.2, -0.15) is 18.4 Å². The van der Waals surface area contributed by atoms with Crippen molar-refractivity contribution in [1.29, 1.82) is 5.26 Å².